The lowest BCUT2D eigenvalue weighted by Gasteiger charge is -2.14. The molecule has 4 heteroatoms. The summed E-state index contributed by atoms with van der Waals surface area (Å²) in [4.78, 5) is 0. The summed E-state index contributed by atoms with van der Waals surface area (Å²) in [6, 6.07) is 10.4. The Bertz CT molecular complexity index is 481. The molecule has 1 atom stereocenters. The highest BCUT2D eigenvalue weighted by molar-refractivity contribution is 5.61. The van der Waals surface area contributed by atoms with Crippen molar-refractivity contribution >= 4 is 0 Å². The van der Waals surface area contributed by atoms with Crippen LogP contribution in [0.5, 0.6) is 0 Å². The molecule has 1 aromatic carbocycles. The van der Waals surface area contributed by atoms with E-state index in [9.17, 15) is 5.11 Å². The zero-order valence-electron chi connectivity index (χ0n) is 11.3. The van der Waals surface area contributed by atoms with E-state index < -0.39 is 0 Å². The number of aliphatic hydroxyl groups is 1. The van der Waals surface area contributed by atoms with Crippen LogP contribution in [0.25, 0.3) is 11.1 Å². The summed E-state index contributed by atoms with van der Waals surface area (Å²) in [5, 5.41) is 16.8. The van der Waals surface area contributed by atoms with Gasteiger partial charge in [0.25, 0.3) is 0 Å². The maximum Gasteiger partial charge on any atom is 0.0585 e. The molecule has 4 nitrogen and oxygen atoms in total. The number of rotatable bonds is 7. The quantitative estimate of drug-likeness (QED) is 0.798. The minimum Gasteiger partial charge on any atom is -0.395 e. The second-order valence-corrected chi connectivity index (χ2v) is 4.58. The first-order chi connectivity index (χ1) is 9.33. The Hall–Kier alpha value is -1.65. The molecule has 0 aliphatic carbocycles. The number of aromatic nitrogens is 2. The first-order valence-corrected chi connectivity index (χ1v) is 6.75. The Morgan fingerprint density at radius 1 is 1.26 bits per heavy atom. The molecule has 1 unspecified atom stereocenters. The van der Waals surface area contributed by atoms with Gasteiger partial charge in [-0.3, -0.25) is 4.68 Å². The summed E-state index contributed by atoms with van der Waals surface area (Å²) in [5.74, 6) is 0. The van der Waals surface area contributed by atoms with E-state index in [0.29, 0.717) is 0 Å². The molecule has 0 bridgehead atoms. The van der Waals surface area contributed by atoms with Gasteiger partial charge >= 0.3 is 0 Å². The van der Waals surface area contributed by atoms with Gasteiger partial charge in [0.1, 0.15) is 0 Å². The summed E-state index contributed by atoms with van der Waals surface area (Å²) < 4.78 is 1.93. The largest absolute Gasteiger partial charge is 0.395 e. The van der Waals surface area contributed by atoms with Crippen LogP contribution < -0.4 is 5.32 Å². The third kappa shape index (κ3) is 3.91. The Morgan fingerprint density at radius 2 is 2.05 bits per heavy atom. The van der Waals surface area contributed by atoms with Crippen molar-refractivity contribution < 1.29 is 5.11 Å². The summed E-state index contributed by atoms with van der Waals surface area (Å²) in [6.07, 6.45) is 4.81. The zero-order chi connectivity index (χ0) is 13.5. The number of aliphatic hydroxyl groups excluding tert-OH is 1. The second-order valence-electron chi connectivity index (χ2n) is 4.58. The lowest BCUT2D eigenvalue weighted by molar-refractivity contribution is 0.232. The minimum absolute atomic E-state index is 0.148. The number of likely N-dealkylation sites (N-methyl/N-ethyl adjacent to an activating group) is 1. The van der Waals surface area contributed by atoms with Crippen LogP contribution in [-0.4, -0.2) is 34.1 Å². The van der Waals surface area contributed by atoms with Gasteiger partial charge in [-0.15, -0.1) is 0 Å². The van der Waals surface area contributed by atoms with Crippen molar-refractivity contribution in [3.8, 4) is 11.1 Å². The Morgan fingerprint density at radius 3 is 2.74 bits per heavy atom. The fraction of sp³-hybridized carbons (Fsp3) is 0.400. The number of benzene rings is 1. The topological polar surface area (TPSA) is 50.1 Å². The van der Waals surface area contributed by atoms with Gasteiger partial charge in [-0.05, 0) is 18.5 Å². The number of nitrogens with one attached hydrogen (secondary N) is 1. The third-order valence-electron chi connectivity index (χ3n) is 3.16. The molecule has 102 valence electrons. The van der Waals surface area contributed by atoms with E-state index in [1.165, 1.54) is 5.56 Å². The summed E-state index contributed by atoms with van der Waals surface area (Å²) >= 11 is 0. The van der Waals surface area contributed by atoms with Crippen molar-refractivity contribution in [1.82, 2.24) is 15.1 Å². The van der Waals surface area contributed by atoms with Crippen LogP contribution in [0.3, 0.4) is 0 Å². The Balaban J connectivity index is 1.94. The third-order valence-corrected chi connectivity index (χ3v) is 3.16. The van der Waals surface area contributed by atoms with Gasteiger partial charge in [0.05, 0.1) is 12.8 Å². The molecule has 0 fully saturated rings. The highest BCUT2D eigenvalue weighted by Crippen LogP contribution is 2.17. The summed E-state index contributed by atoms with van der Waals surface area (Å²) in [5.41, 5.74) is 2.31. The van der Waals surface area contributed by atoms with Crippen LogP contribution in [0, 0.1) is 0 Å². The van der Waals surface area contributed by atoms with Gasteiger partial charge in [-0.25, -0.2) is 0 Å². The standard InChI is InChI=1S/C15H21N3O/c1-2-16-15(12-19)8-9-18-11-14(10-17-18)13-6-4-3-5-7-13/h3-7,10-11,15-16,19H,2,8-9,12H2,1H3. The van der Waals surface area contributed by atoms with Gasteiger partial charge < -0.3 is 10.4 Å². The van der Waals surface area contributed by atoms with E-state index in [1.54, 1.807) is 0 Å². The number of hydrogen-bond acceptors (Lipinski definition) is 3. The van der Waals surface area contributed by atoms with Crippen LogP contribution in [-0.2, 0) is 6.54 Å². The van der Waals surface area contributed by atoms with E-state index >= 15 is 0 Å². The van der Waals surface area contributed by atoms with Crippen LogP contribution >= 0.6 is 0 Å². The smallest absolute Gasteiger partial charge is 0.0585 e. The summed E-state index contributed by atoms with van der Waals surface area (Å²) in [7, 11) is 0. The molecule has 0 radical (unpaired) electrons. The molecule has 19 heavy (non-hydrogen) atoms. The minimum atomic E-state index is 0.148. The number of hydrogen-bond donors (Lipinski definition) is 2. The number of nitrogens with zero attached hydrogens (tertiary/aromatic N) is 2. The van der Waals surface area contributed by atoms with Crippen molar-refractivity contribution in [3.63, 3.8) is 0 Å². The molecule has 0 spiro atoms. The molecule has 0 aliphatic heterocycles. The lowest BCUT2D eigenvalue weighted by Crippen LogP contribution is -2.33. The van der Waals surface area contributed by atoms with E-state index in [1.807, 2.05) is 36.0 Å². The predicted molar refractivity (Wildman–Crippen MR) is 76.8 cm³/mol. The molecule has 2 rings (SSSR count). The van der Waals surface area contributed by atoms with Gasteiger partial charge in [-0.1, -0.05) is 37.3 Å². The second kappa shape index (κ2) is 7.07. The molecule has 1 aromatic heterocycles. The molecular formula is C15H21N3O. The van der Waals surface area contributed by atoms with Crippen molar-refractivity contribution in [2.24, 2.45) is 0 Å². The van der Waals surface area contributed by atoms with Gasteiger partial charge in [0, 0.05) is 24.3 Å². The molecule has 0 amide bonds. The highest BCUT2D eigenvalue weighted by Gasteiger charge is 2.06. The molecule has 1 heterocycles. The van der Waals surface area contributed by atoms with Gasteiger partial charge in [-0.2, -0.15) is 5.10 Å². The van der Waals surface area contributed by atoms with Crippen molar-refractivity contribution in [2.75, 3.05) is 13.2 Å². The molecule has 0 aliphatic rings. The first kappa shape index (κ1) is 13.8. The Labute approximate surface area is 114 Å². The van der Waals surface area contributed by atoms with Gasteiger partial charge in [0.15, 0.2) is 0 Å². The van der Waals surface area contributed by atoms with Crippen LogP contribution in [0.4, 0.5) is 0 Å². The lowest BCUT2D eigenvalue weighted by atomic mass is 10.1. The monoisotopic (exact) mass is 259 g/mol. The predicted octanol–water partition coefficient (Wildman–Crippen LogP) is 1.91. The fourth-order valence-corrected chi connectivity index (χ4v) is 2.10. The van der Waals surface area contributed by atoms with Crippen molar-refractivity contribution in [1.29, 1.82) is 0 Å². The first-order valence-electron chi connectivity index (χ1n) is 6.75. The highest BCUT2D eigenvalue weighted by atomic mass is 16.3. The van der Waals surface area contributed by atoms with Crippen molar-refractivity contribution in [3.05, 3.63) is 42.7 Å². The van der Waals surface area contributed by atoms with Crippen molar-refractivity contribution in [2.45, 2.75) is 25.9 Å². The molecule has 2 aromatic rings. The maximum atomic E-state index is 9.23. The van der Waals surface area contributed by atoms with E-state index in [4.69, 9.17) is 0 Å². The summed E-state index contributed by atoms with van der Waals surface area (Å²) in [6.45, 7) is 3.90. The van der Waals surface area contributed by atoms with Gasteiger partial charge in [0.2, 0.25) is 0 Å². The average molecular weight is 259 g/mol. The molecular weight excluding hydrogens is 238 g/mol. The average Bonchev–Trinajstić information content (AvgIpc) is 2.93. The number of aryl methyl sites for hydroxylation is 1. The van der Waals surface area contributed by atoms with Crippen LogP contribution in [0.2, 0.25) is 0 Å². The van der Waals surface area contributed by atoms with Crippen LogP contribution in [0.1, 0.15) is 13.3 Å². The van der Waals surface area contributed by atoms with Crippen LogP contribution in [0.15, 0.2) is 42.7 Å². The molecule has 0 saturated heterocycles. The fourth-order valence-electron chi connectivity index (χ4n) is 2.10. The normalized spacial score (nSPS) is 12.5. The SMILES string of the molecule is CCNC(CO)CCn1cc(-c2ccccc2)cn1. The molecule has 0 saturated carbocycles. The van der Waals surface area contributed by atoms with E-state index in [-0.39, 0.29) is 12.6 Å². The maximum absolute atomic E-state index is 9.23. The van der Waals surface area contributed by atoms with E-state index in [0.717, 1.165) is 25.1 Å². The molecule has 2 N–H and O–H groups in total. The van der Waals surface area contributed by atoms with E-state index in [2.05, 4.69) is 28.7 Å². The zero-order valence-corrected chi connectivity index (χ0v) is 11.3. The Kier molecular flexibility index (Phi) is 5.12.